The lowest BCUT2D eigenvalue weighted by atomic mass is 9.99. The number of amides is 1. The summed E-state index contributed by atoms with van der Waals surface area (Å²) in [5.41, 5.74) is 3.70. The van der Waals surface area contributed by atoms with E-state index in [9.17, 15) is 9.59 Å². The molecule has 5 nitrogen and oxygen atoms in total. The molecule has 1 aromatic heterocycles. The minimum Gasteiger partial charge on any atom is -0.468 e. The molecule has 1 amide bonds. The van der Waals surface area contributed by atoms with Crippen molar-refractivity contribution < 1.29 is 14.3 Å². The Morgan fingerprint density at radius 1 is 1.24 bits per heavy atom. The second kappa shape index (κ2) is 6.35. The zero-order valence-corrected chi connectivity index (χ0v) is 12.4. The number of hydrogen-bond acceptors (Lipinski definition) is 4. The Bertz CT molecular complexity index is 695. The van der Waals surface area contributed by atoms with Gasteiger partial charge in [-0.1, -0.05) is 18.2 Å². The standard InChI is InChI=1S/C16H18N2O3/c1-10-12-6-4-5-7-14(12)18-11(2)13(10)8-15(19)17-9-16(20)21-3/h4-7H,8-9H2,1-3H3,(H,17,19). The molecular weight excluding hydrogens is 268 g/mol. The number of nitrogens with zero attached hydrogens (tertiary/aromatic N) is 1. The van der Waals surface area contributed by atoms with Crippen molar-refractivity contribution in [1.29, 1.82) is 0 Å². The van der Waals surface area contributed by atoms with Crippen molar-refractivity contribution in [2.24, 2.45) is 0 Å². The zero-order valence-electron chi connectivity index (χ0n) is 12.4. The number of benzene rings is 1. The van der Waals surface area contributed by atoms with E-state index in [2.05, 4.69) is 15.0 Å². The number of aromatic nitrogens is 1. The molecule has 0 aliphatic rings. The molecule has 1 heterocycles. The highest BCUT2D eigenvalue weighted by molar-refractivity contribution is 5.87. The molecule has 0 fully saturated rings. The maximum Gasteiger partial charge on any atom is 0.325 e. The Morgan fingerprint density at radius 3 is 2.67 bits per heavy atom. The Hall–Kier alpha value is -2.43. The third-order valence-corrected chi connectivity index (χ3v) is 3.48. The van der Waals surface area contributed by atoms with Gasteiger partial charge in [-0.15, -0.1) is 0 Å². The molecule has 0 saturated heterocycles. The van der Waals surface area contributed by atoms with Crippen molar-refractivity contribution in [3.05, 3.63) is 41.1 Å². The molecule has 0 saturated carbocycles. The molecule has 0 spiro atoms. The number of carbonyl (C=O) groups excluding carboxylic acids is 2. The Morgan fingerprint density at radius 2 is 1.95 bits per heavy atom. The molecule has 0 radical (unpaired) electrons. The second-order valence-electron chi connectivity index (χ2n) is 4.85. The van der Waals surface area contributed by atoms with Gasteiger partial charge in [-0.05, 0) is 31.0 Å². The van der Waals surface area contributed by atoms with E-state index in [1.54, 1.807) is 0 Å². The van der Waals surface area contributed by atoms with Crippen LogP contribution in [0.25, 0.3) is 10.9 Å². The molecule has 0 bridgehead atoms. The summed E-state index contributed by atoms with van der Waals surface area (Å²) in [7, 11) is 1.29. The van der Waals surface area contributed by atoms with Crippen molar-refractivity contribution in [2.45, 2.75) is 20.3 Å². The minimum absolute atomic E-state index is 0.117. The van der Waals surface area contributed by atoms with Crippen LogP contribution in [0.2, 0.25) is 0 Å². The van der Waals surface area contributed by atoms with Gasteiger partial charge in [0.2, 0.25) is 5.91 Å². The first-order valence-corrected chi connectivity index (χ1v) is 6.71. The maximum atomic E-state index is 11.9. The highest BCUT2D eigenvalue weighted by Gasteiger charge is 2.13. The molecule has 0 aliphatic carbocycles. The first kappa shape index (κ1) is 15.0. The summed E-state index contributed by atoms with van der Waals surface area (Å²) >= 11 is 0. The van der Waals surface area contributed by atoms with Gasteiger partial charge < -0.3 is 10.1 Å². The predicted octanol–water partition coefficient (Wildman–Crippen LogP) is 1.68. The number of hydrogen-bond donors (Lipinski definition) is 1. The van der Waals surface area contributed by atoms with Crippen molar-refractivity contribution in [3.8, 4) is 0 Å². The van der Waals surface area contributed by atoms with Crippen LogP contribution in [0.5, 0.6) is 0 Å². The van der Waals surface area contributed by atoms with Crippen LogP contribution in [0, 0.1) is 13.8 Å². The quantitative estimate of drug-likeness (QED) is 0.868. The van der Waals surface area contributed by atoms with E-state index in [-0.39, 0.29) is 18.9 Å². The summed E-state index contributed by atoms with van der Waals surface area (Å²) in [6, 6.07) is 7.84. The number of esters is 1. The van der Waals surface area contributed by atoms with Crippen LogP contribution in [0.1, 0.15) is 16.8 Å². The second-order valence-corrected chi connectivity index (χ2v) is 4.85. The highest BCUT2D eigenvalue weighted by Crippen LogP contribution is 2.22. The van der Waals surface area contributed by atoms with Crippen LogP contribution in [0.3, 0.4) is 0 Å². The van der Waals surface area contributed by atoms with Gasteiger partial charge in [0.05, 0.1) is 19.0 Å². The van der Waals surface area contributed by atoms with E-state index in [1.165, 1.54) is 7.11 Å². The number of aryl methyl sites for hydroxylation is 2. The number of nitrogens with one attached hydrogen (secondary N) is 1. The first-order chi connectivity index (χ1) is 10.0. The first-order valence-electron chi connectivity index (χ1n) is 6.71. The van der Waals surface area contributed by atoms with Crippen LogP contribution < -0.4 is 5.32 Å². The number of ether oxygens (including phenoxy) is 1. The molecule has 0 aliphatic heterocycles. The molecule has 1 N–H and O–H groups in total. The van der Waals surface area contributed by atoms with Gasteiger partial charge in [0, 0.05) is 11.1 Å². The number of carbonyl (C=O) groups is 2. The lowest BCUT2D eigenvalue weighted by Crippen LogP contribution is -2.31. The number of fused-ring (bicyclic) bond motifs is 1. The zero-order chi connectivity index (χ0) is 15.4. The summed E-state index contributed by atoms with van der Waals surface area (Å²) in [5.74, 6) is -0.683. The number of methoxy groups -OCH3 is 1. The molecule has 2 aromatic rings. The number of rotatable bonds is 4. The molecule has 1 aromatic carbocycles. The van der Waals surface area contributed by atoms with Crippen LogP contribution in [0.4, 0.5) is 0 Å². The lowest BCUT2D eigenvalue weighted by molar-refractivity contribution is -0.141. The minimum atomic E-state index is -0.464. The largest absolute Gasteiger partial charge is 0.468 e. The van der Waals surface area contributed by atoms with Crippen molar-refractivity contribution >= 4 is 22.8 Å². The van der Waals surface area contributed by atoms with Gasteiger partial charge >= 0.3 is 5.97 Å². The Balaban J connectivity index is 2.22. The van der Waals surface area contributed by atoms with Crippen LogP contribution in [-0.4, -0.2) is 30.5 Å². The number of para-hydroxylation sites is 1. The lowest BCUT2D eigenvalue weighted by Gasteiger charge is -2.12. The van der Waals surface area contributed by atoms with Gasteiger partial charge in [0.25, 0.3) is 0 Å². The van der Waals surface area contributed by atoms with Crippen molar-refractivity contribution in [2.75, 3.05) is 13.7 Å². The fourth-order valence-corrected chi connectivity index (χ4v) is 2.30. The molecule has 0 atom stereocenters. The SMILES string of the molecule is COC(=O)CNC(=O)Cc1c(C)nc2ccccc2c1C. The fourth-order valence-electron chi connectivity index (χ4n) is 2.30. The molecule has 5 heteroatoms. The summed E-state index contributed by atoms with van der Waals surface area (Å²) in [6.07, 6.45) is 0.201. The third kappa shape index (κ3) is 3.37. The molecular formula is C16H18N2O3. The van der Waals surface area contributed by atoms with Gasteiger partial charge in [-0.25, -0.2) is 0 Å². The number of pyridine rings is 1. The van der Waals surface area contributed by atoms with E-state index in [0.717, 1.165) is 27.7 Å². The summed E-state index contributed by atoms with van der Waals surface area (Å²) < 4.78 is 4.49. The van der Waals surface area contributed by atoms with Crippen molar-refractivity contribution in [3.63, 3.8) is 0 Å². The maximum absolute atomic E-state index is 11.9. The summed E-state index contributed by atoms with van der Waals surface area (Å²) in [5, 5.41) is 3.58. The summed E-state index contributed by atoms with van der Waals surface area (Å²) in [4.78, 5) is 27.5. The van der Waals surface area contributed by atoms with E-state index in [4.69, 9.17) is 0 Å². The molecule has 21 heavy (non-hydrogen) atoms. The highest BCUT2D eigenvalue weighted by atomic mass is 16.5. The van der Waals surface area contributed by atoms with Crippen molar-refractivity contribution in [1.82, 2.24) is 10.3 Å². The molecule has 110 valence electrons. The topological polar surface area (TPSA) is 68.3 Å². The van der Waals surface area contributed by atoms with Gasteiger partial charge in [-0.2, -0.15) is 0 Å². The Kier molecular flexibility index (Phi) is 4.52. The van der Waals surface area contributed by atoms with E-state index >= 15 is 0 Å². The van der Waals surface area contributed by atoms with E-state index < -0.39 is 5.97 Å². The fraction of sp³-hybridized carbons (Fsp3) is 0.312. The normalized spacial score (nSPS) is 10.4. The average molecular weight is 286 g/mol. The Labute approximate surface area is 123 Å². The van der Waals surface area contributed by atoms with E-state index in [0.29, 0.717) is 0 Å². The van der Waals surface area contributed by atoms with Gasteiger partial charge in [0.15, 0.2) is 0 Å². The van der Waals surface area contributed by atoms with Crippen LogP contribution >= 0.6 is 0 Å². The monoisotopic (exact) mass is 286 g/mol. The van der Waals surface area contributed by atoms with Gasteiger partial charge in [-0.3, -0.25) is 14.6 Å². The molecule has 0 unspecified atom stereocenters. The third-order valence-electron chi connectivity index (χ3n) is 3.48. The molecule has 2 rings (SSSR count). The van der Waals surface area contributed by atoms with E-state index in [1.807, 2.05) is 38.1 Å². The summed E-state index contributed by atoms with van der Waals surface area (Å²) in [6.45, 7) is 3.76. The van der Waals surface area contributed by atoms with Gasteiger partial charge in [0.1, 0.15) is 6.54 Å². The van der Waals surface area contributed by atoms with Crippen LogP contribution in [-0.2, 0) is 20.7 Å². The average Bonchev–Trinajstić information content (AvgIpc) is 2.49. The van der Waals surface area contributed by atoms with Crippen LogP contribution in [0.15, 0.2) is 24.3 Å². The smallest absolute Gasteiger partial charge is 0.325 e. The predicted molar refractivity (Wildman–Crippen MR) is 79.9 cm³/mol.